The van der Waals surface area contributed by atoms with E-state index in [4.69, 9.17) is 9.84 Å². The highest BCUT2D eigenvalue weighted by atomic mass is 32.2. The van der Waals surface area contributed by atoms with E-state index in [0.29, 0.717) is 34.9 Å². The van der Waals surface area contributed by atoms with E-state index in [2.05, 4.69) is 5.32 Å². The van der Waals surface area contributed by atoms with Crippen molar-refractivity contribution in [3.8, 4) is 5.75 Å². The zero-order chi connectivity index (χ0) is 24.5. The molecule has 1 atom stereocenters. The normalized spacial score (nSPS) is 18.2. The summed E-state index contributed by atoms with van der Waals surface area (Å²) in [6, 6.07) is 10.4. The van der Waals surface area contributed by atoms with Gasteiger partial charge in [-0.2, -0.15) is 8.42 Å². The summed E-state index contributed by atoms with van der Waals surface area (Å²) < 4.78 is 49.4. The Balaban J connectivity index is 1.68. The first-order valence-corrected chi connectivity index (χ1v) is 12.1. The van der Waals surface area contributed by atoms with Crippen molar-refractivity contribution in [2.45, 2.75) is 32.5 Å². The van der Waals surface area contributed by atoms with Crippen LogP contribution in [0.15, 0.2) is 36.4 Å². The quantitative estimate of drug-likeness (QED) is 0.536. The smallest absolute Gasteiger partial charge is 0.404 e. The molecule has 0 bridgehead atoms. The number of benzene rings is 2. The minimum absolute atomic E-state index is 0.0366. The first kappa shape index (κ1) is 23.8. The molecule has 4 rings (SSSR count). The van der Waals surface area contributed by atoms with Crippen LogP contribution >= 0.6 is 0 Å². The zero-order valence-electron chi connectivity index (χ0n) is 18.5. The predicted octanol–water partition coefficient (Wildman–Crippen LogP) is 1.60. The number of rotatable bonds is 7. The Labute approximate surface area is 196 Å². The third-order valence-corrected chi connectivity index (χ3v) is 7.06. The molecule has 0 spiro atoms. The van der Waals surface area contributed by atoms with Crippen molar-refractivity contribution in [3.05, 3.63) is 58.9 Å². The van der Waals surface area contributed by atoms with Crippen LogP contribution in [-0.2, 0) is 34.6 Å². The lowest BCUT2D eigenvalue weighted by molar-refractivity contribution is -0.117. The minimum Gasteiger partial charge on any atom is -0.487 e. The van der Waals surface area contributed by atoms with Crippen molar-refractivity contribution < 1.29 is 32.2 Å². The van der Waals surface area contributed by atoms with Gasteiger partial charge in [-0.05, 0) is 30.5 Å². The Bertz CT molecular complexity index is 1210. The summed E-state index contributed by atoms with van der Waals surface area (Å²) in [5, 5.41) is 11.3. The second-order valence-electron chi connectivity index (χ2n) is 8.32. The predicted molar refractivity (Wildman–Crippen MR) is 121 cm³/mol. The van der Waals surface area contributed by atoms with Gasteiger partial charge in [0.15, 0.2) is 5.82 Å². The molecule has 10 nitrogen and oxygen atoms in total. The Hall–Kier alpha value is -3.38. The van der Waals surface area contributed by atoms with Gasteiger partial charge in [0.1, 0.15) is 24.6 Å². The number of fused-ring (bicyclic) bond motifs is 1. The highest BCUT2D eigenvalue weighted by Crippen LogP contribution is 2.40. The summed E-state index contributed by atoms with van der Waals surface area (Å²) >= 11 is 0. The molecule has 0 unspecified atom stereocenters. The number of amides is 2. The summed E-state index contributed by atoms with van der Waals surface area (Å²) in [6.45, 7) is 2.33. The van der Waals surface area contributed by atoms with Gasteiger partial charge in [-0.1, -0.05) is 30.3 Å². The highest BCUT2D eigenvalue weighted by Gasteiger charge is 2.39. The lowest BCUT2D eigenvalue weighted by Gasteiger charge is -2.32. The summed E-state index contributed by atoms with van der Waals surface area (Å²) in [5.74, 6) is -1.50. The van der Waals surface area contributed by atoms with Gasteiger partial charge < -0.3 is 15.2 Å². The van der Waals surface area contributed by atoms with Crippen LogP contribution in [0.3, 0.4) is 0 Å². The Kier molecular flexibility index (Phi) is 6.62. The molecular formula is C22H25FN4O6S. The van der Waals surface area contributed by atoms with Crippen LogP contribution in [0.1, 0.15) is 23.6 Å². The average Bonchev–Trinajstić information content (AvgIpc) is 3.04. The van der Waals surface area contributed by atoms with Gasteiger partial charge in [-0.25, -0.2) is 18.2 Å². The summed E-state index contributed by atoms with van der Waals surface area (Å²) in [7, 11) is -4.26. The largest absolute Gasteiger partial charge is 0.487 e. The molecule has 2 aromatic rings. The van der Waals surface area contributed by atoms with Crippen molar-refractivity contribution in [2.75, 3.05) is 23.9 Å². The number of carbonyl (C=O) groups excluding carboxylic acids is 1. The molecule has 0 radical (unpaired) electrons. The topological polar surface area (TPSA) is 128 Å². The first-order valence-electron chi connectivity index (χ1n) is 10.7. The number of carbonyl (C=O) groups is 2. The fourth-order valence-corrected chi connectivity index (χ4v) is 5.36. The molecule has 1 fully saturated rings. The lowest BCUT2D eigenvalue weighted by atomic mass is 9.97. The second-order valence-corrected chi connectivity index (χ2v) is 9.92. The van der Waals surface area contributed by atoms with Gasteiger partial charge in [-0.3, -0.25) is 9.69 Å². The Morgan fingerprint density at radius 1 is 1.29 bits per heavy atom. The molecule has 2 aromatic carbocycles. The summed E-state index contributed by atoms with van der Waals surface area (Å²) in [4.78, 5) is 24.6. The third-order valence-electron chi connectivity index (χ3n) is 5.69. The van der Waals surface area contributed by atoms with Crippen LogP contribution in [0.2, 0.25) is 0 Å². The van der Waals surface area contributed by atoms with E-state index in [-0.39, 0.29) is 30.6 Å². The van der Waals surface area contributed by atoms with E-state index in [0.717, 1.165) is 5.56 Å². The van der Waals surface area contributed by atoms with Gasteiger partial charge in [-0.15, -0.1) is 0 Å². The zero-order valence-corrected chi connectivity index (χ0v) is 19.3. The number of carboxylic acid groups (broad SMARTS) is 1. The maximum Gasteiger partial charge on any atom is 0.404 e. The fraction of sp³-hybridized carbons (Fsp3) is 0.364. The molecule has 12 heteroatoms. The van der Waals surface area contributed by atoms with E-state index < -0.39 is 34.6 Å². The van der Waals surface area contributed by atoms with Gasteiger partial charge in [0.05, 0.1) is 0 Å². The molecule has 2 aliphatic heterocycles. The van der Waals surface area contributed by atoms with Gasteiger partial charge in [0.2, 0.25) is 0 Å². The van der Waals surface area contributed by atoms with Crippen LogP contribution < -0.4 is 19.1 Å². The molecule has 2 aliphatic rings. The van der Waals surface area contributed by atoms with Crippen LogP contribution in [0.5, 0.6) is 5.75 Å². The van der Waals surface area contributed by atoms with Crippen molar-refractivity contribution in [1.29, 1.82) is 0 Å². The third kappa shape index (κ3) is 5.07. The molecule has 182 valence electrons. The van der Waals surface area contributed by atoms with E-state index in [1.807, 2.05) is 40.0 Å². The summed E-state index contributed by atoms with van der Waals surface area (Å²) in [6.07, 6.45) is -0.673. The first-order chi connectivity index (χ1) is 16.1. The molecule has 34 heavy (non-hydrogen) atoms. The van der Waals surface area contributed by atoms with Crippen LogP contribution in [-0.4, -0.2) is 56.1 Å². The minimum atomic E-state index is -4.26. The van der Waals surface area contributed by atoms with E-state index in [1.54, 1.807) is 13.0 Å². The molecule has 0 aliphatic carbocycles. The van der Waals surface area contributed by atoms with Gasteiger partial charge in [0.25, 0.3) is 5.91 Å². The van der Waals surface area contributed by atoms with Crippen LogP contribution in [0.25, 0.3) is 0 Å². The molecule has 0 saturated carbocycles. The standard InChI is InChI=1S/C22H25FN4O6S/c1-14(24-22(29)30)10-26-8-7-16-9-18(33-13-15-5-3-2-4-6-15)21(20(23)17(16)11-26)27-12-19(28)25-34(27,31)32/h2-6,9,14,24H,7-8,10-13H2,1H3,(H,25,28)(H,29,30)/t14-/m1/s1. The highest BCUT2D eigenvalue weighted by molar-refractivity contribution is 7.92. The van der Waals surface area contributed by atoms with Crippen molar-refractivity contribution in [3.63, 3.8) is 0 Å². The number of nitrogens with zero attached hydrogens (tertiary/aromatic N) is 2. The monoisotopic (exact) mass is 492 g/mol. The molecule has 1 saturated heterocycles. The van der Waals surface area contributed by atoms with Gasteiger partial charge in [0, 0.05) is 31.2 Å². The number of halogens is 1. The fourth-order valence-electron chi connectivity index (χ4n) is 4.20. The number of ether oxygens (including phenoxy) is 1. The van der Waals surface area contributed by atoms with E-state index in [9.17, 15) is 18.0 Å². The maximum absolute atomic E-state index is 15.9. The van der Waals surface area contributed by atoms with Crippen LogP contribution in [0, 0.1) is 5.82 Å². The Morgan fingerprint density at radius 3 is 2.68 bits per heavy atom. The molecule has 2 amide bonds. The van der Waals surface area contributed by atoms with Gasteiger partial charge >= 0.3 is 16.3 Å². The van der Waals surface area contributed by atoms with E-state index >= 15 is 4.39 Å². The average molecular weight is 493 g/mol. The number of nitrogens with one attached hydrogen (secondary N) is 2. The SMILES string of the molecule is C[C@H](CN1CCc2cc(OCc3ccccc3)c(N3CC(=O)NS3(=O)=O)c(F)c2C1)NC(=O)O. The summed E-state index contributed by atoms with van der Waals surface area (Å²) in [5.41, 5.74) is 1.48. The van der Waals surface area contributed by atoms with Crippen molar-refractivity contribution in [1.82, 2.24) is 14.9 Å². The molecule has 3 N–H and O–H groups in total. The van der Waals surface area contributed by atoms with Crippen LogP contribution in [0.4, 0.5) is 14.9 Å². The van der Waals surface area contributed by atoms with Crippen molar-refractivity contribution >= 4 is 27.9 Å². The molecule has 0 aromatic heterocycles. The van der Waals surface area contributed by atoms with E-state index in [1.165, 1.54) is 0 Å². The number of anilines is 1. The van der Waals surface area contributed by atoms with Crippen molar-refractivity contribution in [2.24, 2.45) is 0 Å². The molecular weight excluding hydrogens is 467 g/mol. The number of hydrogen-bond acceptors (Lipinski definition) is 6. The molecule has 2 heterocycles. The Morgan fingerprint density at radius 2 is 2.03 bits per heavy atom. The maximum atomic E-state index is 15.9. The second kappa shape index (κ2) is 9.47. The lowest BCUT2D eigenvalue weighted by Crippen LogP contribution is -2.43. The number of hydrogen-bond donors (Lipinski definition) is 3.